The number of benzene rings is 1. The number of nitrogens with two attached hydrogens (primary N) is 1. The lowest BCUT2D eigenvalue weighted by Crippen LogP contribution is -2.46. The molecule has 1 heterocycles. The second kappa shape index (κ2) is 6.71. The van der Waals surface area contributed by atoms with Crippen LogP contribution in [0, 0.1) is 10.1 Å². The zero-order valence-corrected chi connectivity index (χ0v) is 13.0. The quantitative estimate of drug-likeness (QED) is 0.634. The number of amides is 2. The minimum Gasteiger partial charge on any atom is -0.366 e. The van der Waals surface area contributed by atoms with Crippen molar-refractivity contribution in [2.45, 2.75) is 25.1 Å². The molecule has 0 saturated carbocycles. The monoisotopic (exact) mass is 366 g/mol. The first kappa shape index (κ1) is 18.1. The average Bonchev–Trinajstić information content (AvgIpc) is 2.45. The summed E-state index contributed by atoms with van der Waals surface area (Å²) < 4.78 is 38.6. The predicted octanol–water partition coefficient (Wildman–Crippen LogP) is 2.90. The fourth-order valence-corrected chi connectivity index (χ4v) is 2.90. The SMILES string of the molecule is NC(=O)NC1CCN(c2cc(Cl)c(C(F)(F)F)cc2[N+](=O)[O-])CC1. The minimum atomic E-state index is -4.78. The first-order valence-corrected chi connectivity index (χ1v) is 7.33. The summed E-state index contributed by atoms with van der Waals surface area (Å²) in [5, 5.41) is 13.1. The Balaban J connectivity index is 2.29. The number of hydrogen-bond acceptors (Lipinski definition) is 4. The highest BCUT2D eigenvalue weighted by atomic mass is 35.5. The van der Waals surface area contributed by atoms with Crippen molar-refractivity contribution < 1.29 is 22.9 Å². The molecule has 0 bridgehead atoms. The van der Waals surface area contributed by atoms with Crippen LogP contribution in [-0.2, 0) is 6.18 Å². The Morgan fingerprint density at radius 3 is 2.42 bits per heavy atom. The number of urea groups is 1. The number of carbonyl (C=O) groups excluding carboxylic acids is 1. The van der Waals surface area contributed by atoms with E-state index in [2.05, 4.69) is 5.32 Å². The molecule has 1 saturated heterocycles. The predicted molar refractivity (Wildman–Crippen MR) is 81.1 cm³/mol. The number of rotatable bonds is 3. The van der Waals surface area contributed by atoms with Gasteiger partial charge in [0.2, 0.25) is 0 Å². The van der Waals surface area contributed by atoms with Gasteiger partial charge in [-0.1, -0.05) is 11.6 Å². The molecular weight excluding hydrogens is 353 g/mol. The summed E-state index contributed by atoms with van der Waals surface area (Å²) in [6, 6.07) is 0.565. The van der Waals surface area contributed by atoms with Crippen molar-refractivity contribution in [2.75, 3.05) is 18.0 Å². The van der Waals surface area contributed by atoms with E-state index < -0.39 is 33.4 Å². The van der Waals surface area contributed by atoms with Crippen molar-refractivity contribution >= 4 is 29.0 Å². The first-order chi connectivity index (χ1) is 11.1. The van der Waals surface area contributed by atoms with Crippen LogP contribution >= 0.6 is 11.6 Å². The summed E-state index contributed by atoms with van der Waals surface area (Å²) in [5.41, 5.74) is 3.15. The third-order valence-corrected chi connectivity index (χ3v) is 4.06. The van der Waals surface area contributed by atoms with Gasteiger partial charge in [0, 0.05) is 25.2 Å². The Labute approximate surface area is 139 Å². The van der Waals surface area contributed by atoms with E-state index in [9.17, 15) is 28.1 Å². The van der Waals surface area contributed by atoms with Gasteiger partial charge in [-0.3, -0.25) is 10.1 Å². The van der Waals surface area contributed by atoms with Gasteiger partial charge in [-0.25, -0.2) is 4.79 Å². The van der Waals surface area contributed by atoms with Crippen molar-refractivity contribution in [2.24, 2.45) is 5.73 Å². The summed E-state index contributed by atoms with van der Waals surface area (Å²) in [6.45, 7) is 0.626. The van der Waals surface area contributed by atoms with Crippen molar-refractivity contribution in [3.8, 4) is 0 Å². The lowest BCUT2D eigenvalue weighted by atomic mass is 10.0. The van der Waals surface area contributed by atoms with Gasteiger partial charge in [-0.2, -0.15) is 13.2 Å². The van der Waals surface area contributed by atoms with Gasteiger partial charge in [-0.15, -0.1) is 0 Å². The number of alkyl halides is 3. The topological polar surface area (TPSA) is 102 Å². The van der Waals surface area contributed by atoms with Crippen LogP contribution in [0.4, 0.5) is 29.3 Å². The molecule has 0 aromatic heterocycles. The highest BCUT2D eigenvalue weighted by Gasteiger charge is 2.37. The summed E-state index contributed by atoms with van der Waals surface area (Å²) in [6.07, 6.45) is -3.86. The highest BCUT2D eigenvalue weighted by molar-refractivity contribution is 6.31. The van der Waals surface area contributed by atoms with Crippen LogP contribution in [-0.4, -0.2) is 30.1 Å². The molecule has 2 amide bonds. The lowest BCUT2D eigenvalue weighted by Gasteiger charge is -2.33. The maximum Gasteiger partial charge on any atom is 0.418 e. The van der Waals surface area contributed by atoms with E-state index in [4.69, 9.17) is 17.3 Å². The maximum absolute atomic E-state index is 12.9. The molecule has 1 aromatic rings. The number of nitrogens with zero attached hydrogens (tertiary/aromatic N) is 2. The maximum atomic E-state index is 12.9. The number of hydrogen-bond donors (Lipinski definition) is 2. The number of nitro benzene ring substituents is 1. The molecule has 0 aliphatic carbocycles. The Morgan fingerprint density at radius 2 is 1.96 bits per heavy atom. The third kappa shape index (κ3) is 3.99. The molecular formula is C13H14ClF3N4O3. The Bertz CT molecular complexity index is 661. The molecule has 7 nitrogen and oxygen atoms in total. The fraction of sp³-hybridized carbons (Fsp3) is 0.462. The van der Waals surface area contributed by atoms with E-state index >= 15 is 0 Å². The van der Waals surface area contributed by atoms with Gasteiger partial charge in [0.1, 0.15) is 5.69 Å². The van der Waals surface area contributed by atoms with Gasteiger partial charge in [0.15, 0.2) is 0 Å². The van der Waals surface area contributed by atoms with Crippen LogP contribution in [0.25, 0.3) is 0 Å². The number of anilines is 1. The van der Waals surface area contributed by atoms with Crippen molar-refractivity contribution in [1.29, 1.82) is 0 Å². The average molecular weight is 367 g/mol. The fourth-order valence-electron chi connectivity index (χ4n) is 2.63. The lowest BCUT2D eigenvalue weighted by molar-refractivity contribution is -0.384. The van der Waals surface area contributed by atoms with Crippen molar-refractivity contribution in [1.82, 2.24) is 5.32 Å². The van der Waals surface area contributed by atoms with Crippen LogP contribution in [0.3, 0.4) is 0 Å². The molecule has 1 fully saturated rings. The van der Waals surface area contributed by atoms with E-state index in [1.807, 2.05) is 0 Å². The van der Waals surface area contributed by atoms with Crippen molar-refractivity contribution in [3.63, 3.8) is 0 Å². The molecule has 0 atom stereocenters. The van der Waals surface area contributed by atoms with Gasteiger partial charge < -0.3 is 16.0 Å². The summed E-state index contributed by atoms with van der Waals surface area (Å²) >= 11 is 5.66. The first-order valence-electron chi connectivity index (χ1n) is 6.95. The summed E-state index contributed by atoms with van der Waals surface area (Å²) in [7, 11) is 0. The van der Waals surface area contributed by atoms with E-state index in [0.29, 0.717) is 32.0 Å². The van der Waals surface area contributed by atoms with Crippen LogP contribution < -0.4 is 16.0 Å². The molecule has 132 valence electrons. The second-order valence-corrected chi connectivity index (χ2v) is 5.75. The number of carbonyl (C=O) groups is 1. The Kier molecular flexibility index (Phi) is 5.07. The smallest absolute Gasteiger partial charge is 0.366 e. The van der Waals surface area contributed by atoms with Crippen LogP contribution in [0.15, 0.2) is 12.1 Å². The zero-order valence-electron chi connectivity index (χ0n) is 12.3. The van der Waals surface area contributed by atoms with Gasteiger partial charge in [0.25, 0.3) is 5.69 Å². The van der Waals surface area contributed by atoms with Crippen molar-refractivity contribution in [3.05, 3.63) is 32.8 Å². The third-order valence-electron chi connectivity index (χ3n) is 3.75. The summed E-state index contributed by atoms with van der Waals surface area (Å²) in [5.74, 6) is 0. The molecule has 3 N–H and O–H groups in total. The van der Waals surface area contributed by atoms with Crippen LogP contribution in [0.5, 0.6) is 0 Å². The number of primary amides is 1. The Hall–Kier alpha value is -2.23. The number of nitro groups is 1. The summed E-state index contributed by atoms with van der Waals surface area (Å²) in [4.78, 5) is 22.7. The molecule has 0 unspecified atom stereocenters. The molecule has 1 aliphatic heterocycles. The highest BCUT2D eigenvalue weighted by Crippen LogP contribution is 2.41. The number of piperidine rings is 1. The molecule has 11 heteroatoms. The minimum absolute atomic E-state index is 0.0236. The van der Waals surface area contributed by atoms with Gasteiger partial charge in [0.05, 0.1) is 15.5 Å². The largest absolute Gasteiger partial charge is 0.418 e. The standard InChI is InChI=1S/C13H14ClF3N4O3/c14-9-6-10(11(21(23)24)5-8(9)13(15,16)17)20-3-1-7(2-4-20)19-12(18)22/h5-7H,1-4H2,(H3,18,19,22). The van der Waals surface area contributed by atoms with Crippen LogP contribution in [0.1, 0.15) is 18.4 Å². The Morgan fingerprint density at radius 1 is 1.38 bits per heavy atom. The van der Waals surface area contributed by atoms with Gasteiger partial charge >= 0.3 is 12.2 Å². The van der Waals surface area contributed by atoms with E-state index in [1.54, 1.807) is 4.90 Å². The van der Waals surface area contributed by atoms with E-state index in [0.717, 1.165) is 6.07 Å². The van der Waals surface area contributed by atoms with Crippen LogP contribution in [0.2, 0.25) is 5.02 Å². The molecule has 0 spiro atoms. The zero-order chi connectivity index (χ0) is 18.1. The molecule has 1 aliphatic rings. The molecule has 2 rings (SSSR count). The number of halogens is 4. The van der Waals surface area contributed by atoms with Gasteiger partial charge in [-0.05, 0) is 18.9 Å². The second-order valence-electron chi connectivity index (χ2n) is 5.35. The van der Waals surface area contributed by atoms with E-state index in [1.165, 1.54) is 0 Å². The normalized spacial score (nSPS) is 16.1. The number of nitrogens with one attached hydrogen (secondary N) is 1. The molecule has 0 radical (unpaired) electrons. The molecule has 1 aromatic carbocycles. The molecule has 24 heavy (non-hydrogen) atoms. The van der Waals surface area contributed by atoms with E-state index in [-0.39, 0.29) is 11.7 Å².